The number of halogens is 1. The van der Waals surface area contributed by atoms with E-state index in [1.165, 1.54) is 0 Å². The zero-order chi connectivity index (χ0) is 10.1. The van der Waals surface area contributed by atoms with Crippen molar-refractivity contribution < 1.29 is 9.21 Å². The molecule has 14 heavy (non-hydrogen) atoms. The molecule has 72 valence electrons. The topological polar surface area (TPSA) is 30.2 Å². The molecule has 0 saturated carbocycles. The average Bonchev–Trinajstić information content (AvgIpc) is 2.56. The molecule has 0 radical (unpaired) electrons. The first-order valence-corrected chi connectivity index (χ1v) is 5.22. The number of hydrogen-bond acceptors (Lipinski definition) is 2. The molecule has 2 nitrogen and oxygen atoms in total. The highest BCUT2D eigenvalue weighted by Crippen LogP contribution is 2.31. The molecule has 0 spiro atoms. The Morgan fingerprint density at radius 3 is 2.93 bits per heavy atom. The van der Waals surface area contributed by atoms with Crippen molar-refractivity contribution in [2.75, 3.05) is 0 Å². The van der Waals surface area contributed by atoms with Gasteiger partial charge in [-0.1, -0.05) is 28.9 Å². The SMILES string of the molecule is CCc1c(C=O)oc2cccc(Br)c12. The van der Waals surface area contributed by atoms with Gasteiger partial charge in [-0.15, -0.1) is 0 Å². The maximum atomic E-state index is 10.8. The fourth-order valence-electron chi connectivity index (χ4n) is 1.63. The van der Waals surface area contributed by atoms with Crippen LogP contribution in [0.2, 0.25) is 0 Å². The second-order valence-electron chi connectivity index (χ2n) is 3.03. The van der Waals surface area contributed by atoms with Gasteiger partial charge in [0.15, 0.2) is 12.0 Å². The molecule has 3 heteroatoms. The zero-order valence-corrected chi connectivity index (χ0v) is 9.30. The monoisotopic (exact) mass is 252 g/mol. The molecule has 0 aliphatic rings. The maximum absolute atomic E-state index is 10.8. The van der Waals surface area contributed by atoms with E-state index in [-0.39, 0.29) is 0 Å². The first-order chi connectivity index (χ1) is 6.77. The third kappa shape index (κ3) is 1.28. The number of carbonyl (C=O) groups is 1. The van der Waals surface area contributed by atoms with Crippen LogP contribution in [0.15, 0.2) is 27.1 Å². The van der Waals surface area contributed by atoms with Crippen molar-refractivity contribution in [3.63, 3.8) is 0 Å². The van der Waals surface area contributed by atoms with Gasteiger partial charge < -0.3 is 4.42 Å². The van der Waals surface area contributed by atoms with Crippen molar-refractivity contribution in [3.05, 3.63) is 34.0 Å². The van der Waals surface area contributed by atoms with E-state index in [0.717, 1.165) is 33.7 Å². The Kier molecular flexibility index (Phi) is 2.42. The van der Waals surface area contributed by atoms with Gasteiger partial charge in [0.2, 0.25) is 0 Å². The summed E-state index contributed by atoms with van der Waals surface area (Å²) in [7, 11) is 0. The van der Waals surface area contributed by atoms with Crippen LogP contribution in [-0.2, 0) is 6.42 Å². The fourth-order valence-corrected chi connectivity index (χ4v) is 2.22. The zero-order valence-electron chi connectivity index (χ0n) is 7.71. The minimum atomic E-state index is 0.439. The number of furan rings is 1. The van der Waals surface area contributed by atoms with Crippen LogP contribution in [0.25, 0.3) is 11.0 Å². The highest BCUT2D eigenvalue weighted by molar-refractivity contribution is 9.10. The largest absolute Gasteiger partial charge is 0.453 e. The van der Waals surface area contributed by atoms with Gasteiger partial charge in [-0.3, -0.25) is 4.79 Å². The summed E-state index contributed by atoms with van der Waals surface area (Å²) in [5, 5.41) is 1.01. The number of fused-ring (bicyclic) bond motifs is 1. The van der Waals surface area contributed by atoms with E-state index in [2.05, 4.69) is 15.9 Å². The van der Waals surface area contributed by atoms with Crippen molar-refractivity contribution in [2.24, 2.45) is 0 Å². The van der Waals surface area contributed by atoms with Gasteiger partial charge in [0.1, 0.15) is 5.58 Å². The summed E-state index contributed by atoms with van der Waals surface area (Å²) in [6.07, 6.45) is 1.56. The molecule has 0 N–H and O–H groups in total. The lowest BCUT2D eigenvalue weighted by atomic mass is 10.1. The number of aryl methyl sites for hydroxylation is 1. The number of carbonyl (C=O) groups excluding carboxylic acids is 1. The van der Waals surface area contributed by atoms with Gasteiger partial charge in [-0.2, -0.15) is 0 Å². The number of aldehydes is 1. The third-order valence-electron chi connectivity index (χ3n) is 2.26. The molecule has 0 aliphatic heterocycles. The van der Waals surface area contributed by atoms with Gasteiger partial charge in [0.05, 0.1) is 0 Å². The average molecular weight is 253 g/mol. The lowest BCUT2D eigenvalue weighted by Gasteiger charge is -1.95. The summed E-state index contributed by atoms with van der Waals surface area (Å²) in [4.78, 5) is 10.8. The van der Waals surface area contributed by atoms with Gasteiger partial charge in [0.25, 0.3) is 0 Å². The molecular weight excluding hydrogens is 244 g/mol. The Labute approximate surface area is 90.0 Å². The fraction of sp³-hybridized carbons (Fsp3) is 0.182. The molecule has 2 aromatic rings. The van der Waals surface area contributed by atoms with E-state index < -0.39 is 0 Å². The summed E-state index contributed by atoms with van der Waals surface area (Å²) in [6.45, 7) is 2.01. The van der Waals surface area contributed by atoms with E-state index in [9.17, 15) is 4.79 Å². The van der Waals surface area contributed by atoms with Crippen LogP contribution in [0.3, 0.4) is 0 Å². The molecule has 0 aliphatic carbocycles. The molecule has 0 saturated heterocycles. The molecule has 1 aromatic carbocycles. The van der Waals surface area contributed by atoms with E-state index >= 15 is 0 Å². The van der Waals surface area contributed by atoms with Crippen molar-refractivity contribution in [1.82, 2.24) is 0 Å². The molecule has 0 bridgehead atoms. The summed E-state index contributed by atoms with van der Waals surface area (Å²) >= 11 is 3.46. The lowest BCUT2D eigenvalue weighted by Crippen LogP contribution is -1.84. The van der Waals surface area contributed by atoms with Crippen LogP contribution in [-0.4, -0.2) is 6.29 Å². The van der Waals surface area contributed by atoms with Crippen molar-refractivity contribution >= 4 is 33.2 Å². The minimum absolute atomic E-state index is 0.439. The van der Waals surface area contributed by atoms with E-state index in [4.69, 9.17) is 4.42 Å². The lowest BCUT2D eigenvalue weighted by molar-refractivity contribution is 0.110. The van der Waals surface area contributed by atoms with Gasteiger partial charge in [-0.05, 0) is 18.6 Å². The van der Waals surface area contributed by atoms with Crippen molar-refractivity contribution in [3.8, 4) is 0 Å². The Balaban J connectivity index is 2.88. The highest BCUT2D eigenvalue weighted by Gasteiger charge is 2.13. The van der Waals surface area contributed by atoms with Crippen LogP contribution >= 0.6 is 15.9 Å². The van der Waals surface area contributed by atoms with Gasteiger partial charge in [0, 0.05) is 15.4 Å². The van der Waals surface area contributed by atoms with E-state index in [1.54, 1.807) is 0 Å². The van der Waals surface area contributed by atoms with Crippen molar-refractivity contribution in [1.29, 1.82) is 0 Å². The molecule has 0 atom stereocenters. The second kappa shape index (κ2) is 3.58. The van der Waals surface area contributed by atoms with Crippen molar-refractivity contribution in [2.45, 2.75) is 13.3 Å². The smallest absolute Gasteiger partial charge is 0.185 e. The number of hydrogen-bond donors (Lipinski definition) is 0. The van der Waals surface area contributed by atoms with E-state index in [1.807, 2.05) is 25.1 Å². The molecular formula is C11H9BrO2. The number of rotatable bonds is 2. The number of benzene rings is 1. The second-order valence-corrected chi connectivity index (χ2v) is 3.88. The summed E-state index contributed by atoms with van der Waals surface area (Å²) in [5.74, 6) is 0.439. The molecule has 0 unspecified atom stereocenters. The van der Waals surface area contributed by atoms with Crippen LogP contribution in [0, 0.1) is 0 Å². The Bertz CT molecular complexity index is 485. The summed E-state index contributed by atoms with van der Waals surface area (Å²) in [6, 6.07) is 5.71. The standard InChI is InChI=1S/C11H9BrO2/c1-2-7-10(6-13)14-9-5-3-4-8(12)11(7)9/h3-6H,2H2,1H3. The van der Waals surface area contributed by atoms with Crippen LogP contribution < -0.4 is 0 Å². The summed E-state index contributed by atoms with van der Waals surface area (Å²) < 4.78 is 6.40. The summed E-state index contributed by atoms with van der Waals surface area (Å²) in [5.41, 5.74) is 1.74. The first-order valence-electron chi connectivity index (χ1n) is 4.43. The Hall–Kier alpha value is -1.09. The molecule has 2 rings (SSSR count). The minimum Gasteiger partial charge on any atom is -0.453 e. The molecule has 0 amide bonds. The van der Waals surface area contributed by atoms with Crippen LogP contribution in [0.4, 0.5) is 0 Å². The Morgan fingerprint density at radius 2 is 2.29 bits per heavy atom. The Morgan fingerprint density at radius 1 is 1.50 bits per heavy atom. The van der Waals surface area contributed by atoms with Gasteiger partial charge >= 0.3 is 0 Å². The highest BCUT2D eigenvalue weighted by atomic mass is 79.9. The predicted octanol–water partition coefficient (Wildman–Crippen LogP) is 3.57. The first kappa shape index (κ1) is 9.46. The molecule has 1 aromatic heterocycles. The van der Waals surface area contributed by atoms with E-state index in [0.29, 0.717) is 5.76 Å². The van der Waals surface area contributed by atoms with Crippen LogP contribution in [0.5, 0.6) is 0 Å². The quantitative estimate of drug-likeness (QED) is 0.766. The molecule has 0 fully saturated rings. The third-order valence-corrected chi connectivity index (χ3v) is 2.92. The van der Waals surface area contributed by atoms with Crippen LogP contribution in [0.1, 0.15) is 23.0 Å². The van der Waals surface area contributed by atoms with Gasteiger partial charge in [-0.25, -0.2) is 0 Å². The maximum Gasteiger partial charge on any atom is 0.185 e. The predicted molar refractivity (Wildman–Crippen MR) is 58.7 cm³/mol. The normalized spacial score (nSPS) is 10.7. The molecule has 1 heterocycles.